The van der Waals surface area contributed by atoms with Gasteiger partial charge in [-0.1, -0.05) is 17.4 Å². The lowest BCUT2D eigenvalue weighted by molar-refractivity contribution is -0.136. The normalized spacial score (nSPS) is 19.0. The Morgan fingerprint density at radius 2 is 1.68 bits per heavy atom. The second-order valence-corrected chi connectivity index (χ2v) is 18.0. The molecule has 3 aromatic heterocycles. The average molecular weight is 888 g/mol. The molecule has 342 valence electrons. The van der Waals surface area contributed by atoms with E-state index in [1.165, 1.54) is 9.47 Å². The van der Waals surface area contributed by atoms with Gasteiger partial charge in [0.2, 0.25) is 23.6 Å². The number of hydrogen-bond acceptors (Lipinski definition) is 11. The van der Waals surface area contributed by atoms with Crippen molar-refractivity contribution in [3.8, 4) is 0 Å². The molecule has 65 heavy (non-hydrogen) atoms. The number of furan rings is 1. The fraction of sp³-hybridized carbons (Fsp3) is 0.489. The zero-order chi connectivity index (χ0) is 45.4. The number of fused-ring (bicyclic) bond motifs is 2. The number of piperazine rings is 1. The minimum absolute atomic E-state index is 0.0654. The van der Waals surface area contributed by atoms with Crippen molar-refractivity contribution in [3.63, 3.8) is 0 Å². The topological polar surface area (TPSA) is 184 Å². The Bertz CT molecular complexity index is 2710. The number of carbonyl (C=O) groups excluding carboxylic acids is 5. The molecule has 1 atom stereocenters. The van der Waals surface area contributed by atoms with E-state index in [1.54, 1.807) is 42.8 Å². The van der Waals surface area contributed by atoms with Gasteiger partial charge in [-0.05, 0) is 91.6 Å². The fourth-order valence-corrected chi connectivity index (χ4v) is 10.0. The van der Waals surface area contributed by atoms with E-state index < -0.39 is 11.9 Å². The second-order valence-electron chi connectivity index (χ2n) is 18.0. The molecular formula is C47H57N11O7. The molecule has 1 N–H and O–H groups in total. The van der Waals surface area contributed by atoms with Gasteiger partial charge in [0, 0.05) is 104 Å². The Kier molecular flexibility index (Phi) is 12.4. The van der Waals surface area contributed by atoms with Crippen LogP contribution < -0.4 is 15.9 Å². The van der Waals surface area contributed by atoms with Gasteiger partial charge in [0.1, 0.15) is 11.6 Å². The van der Waals surface area contributed by atoms with Crippen LogP contribution in [-0.2, 0) is 32.8 Å². The van der Waals surface area contributed by atoms with Crippen LogP contribution in [0, 0.1) is 0 Å². The first-order valence-corrected chi connectivity index (χ1v) is 22.8. The van der Waals surface area contributed by atoms with Crippen molar-refractivity contribution in [2.24, 2.45) is 7.05 Å². The van der Waals surface area contributed by atoms with Crippen molar-refractivity contribution in [2.45, 2.75) is 69.9 Å². The summed E-state index contributed by atoms with van der Waals surface area (Å²) in [4.78, 5) is 88.0. The highest BCUT2D eigenvalue weighted by molar-refractivity contribution is 6.01. The first-order chi connectivity index (χ1) is 31.4. The minimum Gasteiger partial charge on any atom is -0.451 e. The third-order valence-electron chi connectivity index (χ3n) is 13.6. The van der Waals surface area contributed by atoms with Gasteiger partial charge in [-0.15, -0.1) is 5.10 Å². The molecule has 1 unspecified atom stereocenters. The van der Waals surface area contributed by atoms with Gasteiger partial charge in [0.15, 0.2) is 5.76 Å². The lowest BCUT2D eigenvalue weighted by Gasteiger charge is -2.36. The van der Waals surface area contributed by atoms with E-state index in [1.807, 2.05) is 34.1 Å². The number of nitrogens with zero attached hydrogens (tertiary/aromatic N) is 10. The van der Waals surface area contributed by atoms with Gasteiger partial charge in [0.25, 0.3) is 5.91 Å². The van der Waals surface area contributed by atoms with Crippen LogP contribution in [0.25, 0.3) is 27.6 Å². The number of nitrogens with one attached hydrogen (secondary N) is 1. The van der Waals surface area contributed by atoms with Crippen LogP contribution in [0.5, 0.6) is 0 Å². The minimum atomic E-state index is -0.732. The molecule has 9 rings (SSSR count). The van der Waals surface area contributed by atoms with Crippen LogP contribution >= 0.6 is 0 Å². The molecule has 18 nitrogen and oxygen atoms in total. The molecule has 5 aromatic rings. The van der Waals surface area contributed by atoms with Crippen LogP contribution in [-0.4, -0.2) is 146 Å². The Hall–Kier alpha value is -6.56. The summed E-state index contributed by atoms with van der Waals surface area (Å²) in [6.07, 6.45) is 9.89. The Labute approximate surface area is 376 Å². The highest BCUT2D eigenvalue weighted by Gasteiger charge is 2.33. The van der Waals surface area contributed by atoms with E-state index in [-0.39, 0.29) is 53.8 Å². The summed E-state index contributed by atoms with van der Waals surface area (Å²) < 4.78 is 11.1. The maximum absolute atomic E-state index is 13.6. The third-order valence-corrected chi connectivity index (χ3v) is 13.6. The zero-order valence-corrected chi connectivity index (χ0v) is 37.4. The van der Waals surface area contributed by atoms with Crippen molar-refractivity contribution in [1.82, 2.24) is 49.0 Å². The summed E-state index contributed by atoms with van der Waals surface area (Å²) in [7, 11) is 5.14. The maximum atomic E-state index is 13.6. The fourth-order valence-electron chi connectivity index (χ4n) is 10.0. The first-order valence-electron chi connectivity index (χ1n) is 22.8. The lowest BCUT2D eigenvalue weighted by Crippen LogP contribution is -2.47. The number of imide groups is 1. The van der Waals surface area contributed by atoms with Crippen molar-refractivity contribution in [2.75, 3.05) is 77.9 Å². The van der Waals surface area contributed by atoms with Gasteiger partial charge in [-0.3, -0.25) is 48.0 Å². The van der Waals surface area contributed by atoms with Gasteiger partial charge < -0.3 is 24.0 Å². The van der Waals surface area contributed by atoms with Gasteiger partial charge >= 0.3 is 5.69 Å². The van der Waals surface area contributed by atoms with Gasteiger partial charge in [0.05, 0.1) is 29.5 Å². The van der Waals surface area contributed by atoms with E-state index in [4.69, 9.17) is 4.42 Å². The second kappa shape index (κ2) is 18.5. The van der Waals surface area contributed by atoms with E-state index >= 15 is 0 Å². The van der Waals surface area contributed by atoms with Crippen LogP contribution in [0.2, 0.25) is 0 Å². The molecule has 18 heteroatoms. The summed E-state index contributed by atoms with van der Waals surface area (Å²) >= 11 is 0. The largest absolute Gasteiger partial charge is 0.451 e. The first kappa shape index (κ1) is 43.7. The number of aryl methyl sites for hydroxylation is 2. The Balaban J connectivity index is 0.800. The number of benzene rings is 2. The average Bonchev–Trinajstić information content (AvgIpc) is 4.07. The van der Waals surface area contributed by atoms with E-state index in [0.29, 0.717) is 56.7 Å². The highest BCUT2D eigenvalue weighted by Crippen LogP contribution is 2.38. The number of anilines is 1. The molecule has 0 radical (unpaired) electrons. The van der Waals surface area contributed by atoms with Crippen molar-refractivity contribution >= 4 is 62.8 Å². The predicted octanol–water partition coefficient (Wildman–Crippen LogP) is 3.37. The van der Waals surface area contributed by atoms with Crippen LogP contribution in [0.4, 0.5) is 5.69 Å². The van der Waals surface area contributed by atoms with Gasteiger partial charge in [-0.25, -0.2) is 4.79 Å². The summed E-state index contributed by atoms with van der Waals surface area (Å²) in [6, 6.07) is 11.1. The molecule has 0 aliphatic carbocycles. The summed E-state index contributed by atoms with van der Waals surface area (Å²) in [5, 5.41) is 11.1. The molecule has 2 aromatic carbocycles. The number of piperidine rings is 2. The third kappa shape index (κ3) is 8.95. The number of aromatic nitrogens is 5. The number of amides is 5. The van der Waals surface area contributed by atoms with Crippen molar-refractivity contribution in [1.29, 1.82) is 0 Å². The number of hydrogen-bond donors (Lipinski definition) is 1. The molecule has 5 amide bonds. The molecule has 0 saturated carbocycles. The number of carbonyl (C=O) groups is 5. The van der Waals surface area contributed by atoms with E-state index in [2.05, 4.69) is 43.6 Å². The molecule has 3 saturated heterocycles. The molecular weight excluding hydrogens is 831 g/mol. The number of likely N-dealkylation sites (tertiary alicyclic amines) is 1. The molecule has 7 heterocycles. The van der Waals surface area contributed by atoms with Crippen LogP contribution in [0.1, 0.15) is 85.0 Å². The molecule has 4 aliphatic rings. The van der Waals surface area contributed by atoms with E-state index in [9.17, 15) is 28.8 Å². The van der Waals surface area contributed by atoms with Crippen molar-refractivity contribution in [3.05, 3.63) is 82.2 Å². The van der Waals surface area contributed by atoms with Crippen LogP contribution in [0.15, 0.2) is 64.1 Å². The van der Waals surface area contributed by atoms with Gasteiger partial charge in [-0.2, -0.15) is 0 Å². The highest BCUT2D eigenvalue weighted by atomic mass is 16.3. The molecule has 0 spiro atoms. The Morgan fingerprint density at radius 1 is 0.892 bits per heavy atom. The predicted molar refractivity (Wildman–Crippen MR) is 243 cm³/mol. The van der Waals surface area contributed by atoms with Crippen LogP contribution in [0.3, 0.4) is 0 Å². The standard InChI is InChI=1S/C47H57N11O7/c1-51(2)46(63)39-29-34-27-33(32-7-5-18-56(30-32)42(61)15-21-57-22-16-48-50-57)28-35(44(34)65-39)31-13-19-55(20-14-31)41(60)10-6-17-53-23-25-54(26-24-53)36-8-4-9-37-43(36)52(3)47(64)58(37)38-11-12-40(59)49-45(38)62/h4,7-9,16,22,27-29,31,38H,5-6,10-15,17-21,23-26,30H2,1-3H3,(H,49,59,62). The number of rotatable bonds is 12. The molecule has 3 fully saturated rings. The SMILES string of the molecule is CN(C)C(=O)c1cc2cc(C3=CCCN(C(=O)CCn4ccnn4)C3)cc(C3CCN(C(=O)CCCN4CCN(c5cccc6c5n(C)c(=O)n6C5CCC(=O)NC5=O)CC4)CC3)c2o1. The number of imidazole rings is 1. The van der Waals surface area contributed by atoms with Crippen molar-refractivity contribution < 1.29 is 28.4 Å². The Morgan fingerprint density at radius 3 is 2.42 bits per heavy atom. The summed E-state index contributed by atoms with van der Waals surface area (Å²) in [5.41, 5.74) is 5.92. The zero-order valence-electron chi connectivity index (χ0n) is 37.4. The van der Waals surface area contributed by atoms with E-state index in [0.717, 1.165) is 91.7 Å². The summed E-state index contributed by atoms with van der Waals surface area (Å²) in [5.74, 6) is -0.337. The smallest absolute Gasteiger partial charge is 0.329 e. The monoisotopic (exact) mass is 887 g/mol. The number of para-hydroxylation sites is 1. The lowest BCUT2D eigenvalue weighted by atomic mass is 9.86. The molecule has 4 aliphatic heterocycles. The molecule has 0 bridgehead atoms. The maximum Gasteiger partial charge on any atom is 0.329 e. The summed E-state index contributed by atoms with van der Waals surface area (Å²) in [6.45, 7) is 6.83. The quantitative estimate of drug-likeness (QED) is 0.181.